The highest BCUT2D eigenvalue weighted by Crippen LogP contribution is 2.13. The number of nitrogens with one attached hydrogen (secondary N) is 2. The largest absolute Gasteiger partial charge is 0.326 e. The Morgan fingerprint density at radius 2 is 1.44 bits per heavy atom. The summed E-state index contributed by atoms with van der Waals surface area (Å²) in [6.07, 6.45) is 1.21. The Hall–Kier alpha value is -2.27. The summed E-state index contributed by atoms with van der Waals surface area (Å²) in [5.74, 6) is 1.17. The van der Waals surface area contributed by atoms with E-state index in [4.69, 9.17) is 0 Å². The third kappa shape index (κ3) is 7.44. The van der Waals surface area contributed by atoms with Crippen molar-refractivity contribution >= 4 is 35.0 Å². The number of thioether (sulfide) groups is 1. The van der Waals surface area contributed by atoms with Gasteiger partial charge >= 0.3 is 0 Å². The molecule has 0 atom stereocenters. The van der Waals surface area contributed by atoms with Crippen molar-refractivity contribution in [3.63, 3.8) is 0 Å². The number of hydrogen-bond donors (Lipinski definition) is 2. The fraction of sp³-hybridized carbons (Fsp3) is 0.300. The highest BCUT2D eigenvalue weighted by atomic mass is 32.2. The van der Waals surface area contributed by atoms with E-state index in [0.717, 1.165) is 34.7 Å². The summed E-state index contributed by atoms with van der Waals surface area (Å²) < 4.78 is 0. The highest BCUT2D eigenvalue weighted by Gasteiger charge is 2.05. The molecule has 0 aliphatic heterocycles. The van der Waals surface area contributed by atoms with Crippen LogP contribution < -0.4 is 10.6 Å². The molecule has 2 aromatic rings. The Bertz CT molecular complexity index is 670. The van der Waals surface area contributed by atoms with E-state index >= 15 is 0 Å². The number of carbonyl (C=O) groups excluding carboxylic acids is 2. The van der Waals surface area contributed by atoms with Crippen molar-refractivity contribution in [3.05, 3.63) is 59.7 Å². The molecule has 2 N–H and O–H groups in total. The van der Waals surface area contributed by atoms with Crippen LogP contribution in [-0.4, -0.2) is 23.3 Å². The summed E-state index contributed by atoms with van der Waals surface area (Å²) >= 11 is 1.54. The average Bonchev–Trinajstić information content (AvgIpc) is 2.54. The number of amides is 2. The minimum Gasteiger partial charge on any atom is -0.326 e. The lowest BCUT2D eigenvalue weighted by molar-refractivity contribution is -0.116. The molecule has 2 amide bonds. The molecule has 0 aromatic heterocycles. The van der Waals surface area contributed by atoms with Crippen molar-refractivity contribution in [1.82, 2.24) is 0 Å². The van der Waals surface area contributed by atoms with Crippen LogP contribution in [0.2, 0.25) is 0 Å². The van der Waals surface area contributed by atoms with Crippen LogP contribution in [0.15, 0.2) is 48.5 Å². The Morgan fingerprint density at radius 1 is 0.880 bits per heavy atom. The van der Waals surface area contributed by atoms with Gasteiger partial charge in [-0.15, -0.1) is 0 Å². The lowest BCUT2D eigenvalue weighted by atomic mass is 10.2. The first-order valence-corrected chi connectivity index (χ1v) is 9.49. The molecule has 0 saturated heterocycles. The molecule has 0 bridgehead atoms. The zero-order chi connectivity index (χ0) is 18.1. The summed E-state index contributed by atoms with van der Waals surface area (Å²) in [6, 6.07) is 15.5. The predicted octanol–water partition coefficient (Wildman–Crippen LogP) is 4.39. The normalized spacial score (nSPS) is 10.3. The molecule has 5 heteroatoms. The van der Waals surface area contributed by atoms with Gasteiger partial charge < -0.3 is 10.6 Å². The maximum atomic E-state index is 11.9. The molecule has 0 saturated carbocycles. The molecule has 2 aromatic carbocycles. The van der Waals surface area contributed by atoms with E-state index in [0.29, 0.717) is 12.2 Å². The second kappa shape index (κ2) is 9.89. The molecule has 4 nitrogen and oxygen atoms in total. The summed E-state index contributed by atoms with van der Waals surface area (Å²) in [5.41, 5.74) is 3.89. The summed E-state index contributed by atoms with van der Waals surface area (Å²) in [5, 5.41) is 5.77. The Morgan fingerprint density at radius 3 is 2.00 bits per heavy atom. The lowest BCUT2D eigenvalue weighted by Gasteiger charge is -2.07. The molecule has 0 radical (unpaired) electrons. The fourth-order valence-corrected chi connectivity index (χ4v) is 3.12. The van der Waals surface area contributed by atoms with Crippen molar-refractivity contribution in [1.29, 1.82) is 0 Å². The average molecular weight is 356 g/mol. The monoisotopic (exact) mass is 356 g/mol. The standard InChI is InChI=1S/C20H24N2O2S/c1-15-6-3-8-17(12-15)21-19(23)10-5-11-25-14-20(24)22-18-9-4-7-16(2)13-18/h3-4,6-9,12-13H,5,10-11,14H2,1-2H3,(H,21,23)(H,22,24). The van der Waals surface area contributed by atoms with E-state index < -0.39 is 0 Å². The van der Waals surface area contributed by atoms with Crippen LogP contribution in [0.3, 0.4) is 0 Å². The molecule has 2 rings (SSSR count). The van der Waals surface area contributed by atoms with Crippen LogP contribution in [0.5, 0.6) is 0 Å². The summed E-state index contributed by atoms with van der Waals surface area (Å²) in [6.45, 7) is 3.99. The summed E-state index contributed by atoms with van der Waals surface area (Å²) in [7, 11) is 0. The molecule has 0 aliphatic rings. The van der Waals surface area contributed by atoms with Crippen molar-refractivity contribution in [3.8, 4) is 0 Å². The van der Waals surface area contributed by atoms with Crippen LogP contribution in [0, 0.1) is 13.8 Å². The zero-order valence-electron chi connectivity index (χ0n) is 14.7. The minimum absolute atomic E-state index is 0.00964. The Balaban J connectivity index is 1.59. The van der Waals surface area contributed by atoms with Gasteiger partial charge in [-0.1, -0.05) is 24.3 Å². The molecule has 0 aliphatic carbocycles. The van der Waals surface area contributed by atoms with Gasteiger partial charge in [0.05, 0.1) is 5.75 Å². The van der Waals surface area contributed by atoms with Gasteiger partial charge in [-0.25, -0.2) is 0 Å². The van der Waals surface area contributed by atoms with E-state index in [2.05, 4.69) is 10.6 Å². The van der Waals surface area contributed by atoms with Gasteiger partial charge in [-0.2, -0.15) is 11.8 Å². The molecule has 0 spiro atoms. The topological polar surface area (TPSA) is 58.2 Å². The highest BCUT2D eigenvalue weighted by molar-refractivity contribution is 7.99. The maximum Gasteiger partial charge on any atom is 0.234 e. The molecule has 0 heterocycles. The number of rotatable bonds is 8. The second-order valence-electron chi connectivity index (χ2n) is 5.99. The quantitative estimate of drug-likeness (QED) is 0.690. The predicted molar refractivity (Wildman–Crippen MR) is 106 cm³/mol. The third-order valence-corrected chi connectivity index (χ3v) is 4.57. The van der Waals surface area contributed by atoms with Gasteiger partial charge in [0, 0.05) is 17.8 Å². The molecule has 0 fully saturated rings. The van der Waals surface area contributed by atoms with Gasteiger partial charge in [0.1, 0.15) is 0 Å². The number of aryl methyl sites for hydroxylation is 2. The first-order chi connectivity index (χ1) is 12.0. The minimum atomic E-state index is -0.0141. The van der Waals surface area contributed by atoms with Gasteiger partial charge in [-0.3, -0.25) is 9.59 Å². The van der Waals surface area contributed by atoms with Crippen LogP contribution in [0.25, 0.3) is 0 Å². The maximum absolute atomic E-state index is 11.9. The molecule has 132 valence electrons. The van der Waals surface area contributed by atoms with Crippen LogP contribution >= 0.6 is 11.8 Å². The molecular formula is C20H24N2O2S. The van der Waals surface area contributed by atoms with Gasteiger partial charge in [0.2, 0.25) is 11.8 Å². The van der Waals surface area contributed by atoms with Gasteiger partial charge in [0.15, 0.2) is 0 Å². The van der Waals surface area contributed by atoms with Crippen LogP contribution in [0.4, 0.5) is 11.4 Å². The Kier molecular flexibility index (Phi) is 7.54. The van der Waals surface area contributed by atoms with Crippen molar-refractivity contribution in [2.45, 2.75) is 26.7 Å². The fourth-order valence-electron chi connectivity index (χ4n) is 2.37. The van der Waals surface area contributed by atoms with Crippen LogP contribution in [0.1, 0.15) is 24.0 Å². The number of benzene rings is 2. The van der Waals surface area contributed by atoms with Crippen molar-refractivity contribution < 1.29 is 9.59 Å². The number of hydrogen-bond acceptors (Lipinski definition) is 3. The Labute approximate surface area is 153 Å². The van der Waals surface area contributed by atoms with E-state index in [9.17, 15) is 9.59 Å². The van der Waals surface area contributed by atoms with E-state index in [1.807, 2.05) is 62.4 Å². The van der Waals surface area contributed by atoms with Crippen molar-refractivity contribution in [2.24, 2.45) is 0 Å². The number of anilines is 2. The summed E-state index contributed by atoms with van der Waals surface area (Å²) in [4.78, 5) is 23.8. The molecular weight excluding hydrogens is 332 g/mol. The van der Waals surface area contributed by atoms with Gasteiger partial charge in [-0.05, 0) is 61.4 Å². The SMILES string of the molecule is Cc1cccc(NC(=O)CCCSCC(=O)Nc2cccc(C)c2)c1. The van der Waals surface area contributed by atoms with E-state index in [1.165, 1.54) is 0 Å². The van der Waals surface area contributed by atoms with Crippen LogP contribution in [-0.2, 0) is 9.59 Å². The van der Waals surface area contributed by atoms with Crippen molar-refractivity contribution in [2.75, 3.05) is 22.1 Å². The van der Waals surface area contributed by atoms with E-state index in [-0.39, 0.29) is 11.8 Å². The molecule has 25 heavy (non-hydrogen) atoms. The first kappa shape index (κ1) is 19.1. The number of carbonyl (C=O) groups is 2. The van der Waals surface area contributed by atoms with E-state index in [1.54, 1.807) is 11.8 Å². The third-order valence-electron chi connectivity index (χ3n) is 3.53. The lowest BCUT2D eigenvalue weighted by Crippen LogP contribution is -2.15. The first-order valence-electron chi connectivity index (χ1n) is 8.34. The second-order valence-corrected chi connectivity index (χ2v) is 7.10. The zero-order valence-corrected chi connectivity index (χ0v) is 15.5. The molecule has 0 unspecified atom stereocenters. The smallest absolute Gasteiger partial charge is 0.234 e. The van der Waals surface area contributed by atoms with Gasteiger partial charge in [0.25, 0.3) is 0 Å².